The molecule has 0 N–H and O–H groups in total. The third-order valence-electron chi connectivity index (χ3n) is 2.48. The van der Waals surface area contributed by atoms with Gasteiger partial charge in [0.05, 0.1) is 23.6 Å². The number of rotatable bonds is 3. The van der Waals surface area contributed by atoms with Crippen molar-refractivity contribution in [1.82, 2.24) is 9.55 Å². The van der Waals surface area contributed by atoms with Crippen LogP contribution in [-0.2, 0) is 12.4 Å². The molecule has 0 aliphatic carbocycles. The fourth-order valence-electron chi connectivity index (χ4n) is 1.60. The normalized spacial score (nSPS) is 10.5. The molecule has 0 radical (unpaired) electrons. The molecule has 2 aromatic rings. The predicted octanol–water partition coefficient (Wildman–Crippen LogP) is 2.98. The molecule has 0 amide bonds. The predicted molar refractivity (Wildman–Crippen MR) is 62.1 cm³/mol. The van der Waals surface area contributed by atoms with Crippen LogP contribution < -0.4 is 0 Å². The van der Waals surface area contributed by atoms with Gasteiger partial charge in [0.15, 0.2) is 0 Å². The van der Waals surface area contributed by atoms with Gasteiger partial charge in [0.25, 0.3) is 0 Å². The van der Waals surface area contributed by atoms with Gasteiger partial charge in [-0.2, -0.15) is 0 Å². The van der Waals surface area contributed by atoms with Crippen molar-refractivity contribution >= 4 is 11.6 Å². The van der Waals surface area contributed by atoms with Crippen LogP contribution in [0.5, 0.6) is 0 Å². The molecule has 0 unspecified atom stereocenters. The fourth-order valence-corrected chi connectivity index (χ4v) is 1.95. The summed E-state index contributed by atoms with van der Waals surface area (Å²) in [7, 11) is 0. The van der Waals surface area contributed by atoms with Crippen LogP contribution in [-0.4, -0.2) is 9.55 Å². The van der Waals surface area contributed by atoms with Gasteiger partial charge in [-0.1, -0.05) is 30.3 Å². The first-order valence-corrected chi connectivity index (χ1v) is 5.45. The molecule has 1 heterocycles. The van der Waals surface area contributed by atoms with Crippen LogP contribution >= 0.6 is 11.6 Å². The van der Waals surface area contributed by atoms with E-state index < -0.39 is 0 Å². The van der Waals surface area contributed by atoms with Gasteiger partial charge < -0.3 is 4.57 Å². The number of halogens is 1. The van der Waals surface area contributed by atoms with Crippen LogP contribution in [0.15, 0.2) is 36.7 Å². The van der Waals surface area contributed by atoms with E-state index in [1.54, 1.807) is 0 Å². The first-order chi connectivity index (χ1) is 7.31. The minimum absolute atomic E-state index is 0.513. The average molecular weight is 221 g/mol. The van der Waals surface area contributed by atoms with Crippen molar-refractivity contribution in [2.75, 3.05) is 0 Å². The van der Waals surface area contributed by atoms with E-state index in [1.165, 1.54) is 5.56 Å². The lowest BCUT2D eigenvalue weighted by atomic mass is 10.2. The Balaban J connectivity index is 2.25. The van der Waals surface area contributed by atoms with E-state index >= 15 is 0 Å². The molecule has 0 fully saturated rings. The van der Waals surface area contributed by atoms with E-state index in [-0.39, 0.29) is 0 Å². The molecule has 0 spiro atoms. The Labute approximate surface area is 94.5 Å². The number of alkyl halides is 1. The Morgan fingerprint density at radius 1 is 1.27 bits per heavy atom. The first-order valence-electron chi connectivity index (χ1n) is 4.91. The Kier molecular flexibility index (Phi) is 3.07. The summed E-state index contributed by atoms with van der Waals surface area (Å²) in [6.45, 7) is 2.82. The lowest BCUT2D eigenvalue weighted by Crippen LogP contribution is -2.02. The maximum Gasteiger partial charge on any atom is 0.0955 e. The standard InChI is InChI=1S/C12H13ClN2/c1-10-12(7-13)15(9-14-10)8-11-5-3-2-4-6-11/h2-6,9H,7-8H2,1H3. The van der Waals surface area contributed by atoms with Crippen molar-refractivity contribution in [1.29, 1.82) is 0 Å². The number of benzene rings is 1. The van der Waals surface area contributed by atoms with Gasteiger partial charge in [-0.3, -0.25) is 0 Å². The Morgan fingerprint density at radius 3 is 2.67 bits per heavy atom. The van der Waals surface area contributed by atoms with Crippen molar-refractivity contribution in [3.8, 4) is 0 Å². The van der Waals surface area contributed by atoms with E-state index in [0.29, 0.717) is 5.88 Å². The molecule has 1 aromatic heterocycles. The van der Waals surface area contributed by atoms with Crippen LogP contribution in [0.1, 0.15) is 17.0 Å². The van der Waals surface area contributed by atoms with Crippen LogP contribution in [0.4, 0.5) is 0 Å². The van der Waals surface area contributed by atoms with Crippen LogP contribution in [0.2, 0.25) is 0 Å². The van der Waals surface area contributed by atoms with Gasteiger partial charge >= 0.3 is 0 Å². The number of hydrogen-bond donors (Lipinski definition) is 0. The summed E-state index contributed by atoms with van der Waals surface area (Å²) >= 11 is 5.88. The number of aromatic nitrogens is 2. The molecule has 0 aliphatic rings. The lowest BCUT2D eigenvalue weighted by molar-refractivity contribution is 0.763. The molecular weight excluding hydrogens is 208 g/mol. The summed E-state index contributed by atoms with van der Waals surface area (Å²) in [6.07, 6.45) is 1.85. The zero-order chi connectivity index (χ0) is 10.7. The molecule has 2 nitrogen and oxygen atoms in total. The summed E-state index contributed by atoms with van der Waals surface area (Å²) in [5.74, 6) is 0.513. The molecule has 1 aromatic carbocycles. The highest BCUT2D eigenvalue weighted by atomic mass is 35.5. The van der Waals surface area contributed by atoms with E-state index in [9.17, 15) is 0 Å². The zero-order valence-corrected chi connectivity index (χ0v) is 9.41. The third kappa shape index (κ3) is 2.21. The number of hydrogen-bond acceptors (Lipinski definition) is 1. The molecule has 0 bridgehead atoms. The summed E-state index contributed by atoms with van der Waals surface area (Å²) < 4.78 is 2.09. The highest BCUT2D eigenvalue weighted by Crippen LogP contribution is 2.12. The Morgan fingerprint density at radius 2 is 2.00 bits per heavy atom. The molecule has 2 rings (SSSR count). The molecule has 0 atom stereocenters. The van der Waals surface area contributed by atoms with Gasteiger partial charge in [0.1, 0.15) is 0 Å². The van der Waals surface area contributed by atoms with Crippen molar-refractivity contribution in [3.63, 3.8) is 0 Å². The summed E-state index contributed by atoms with van der Waals surface area (Å²) in [5, 5.41) is 0. The summed E-state index contributed by atoms with van der Waals surface area (Å²) in [6, 6.07) is 10.3. The number of nitrogens with zero attached hydrogens (tertiary/aromatic N) is 2. The Bertz CT molecular complexity index is 434. The zero-order valence-electron chi connectivity index (χ0n) is 8.65. The minimum atomic E-state index is 0.513. The molecule has 0 saturated heterocycles. The van der Waals surface area contributed by atoms with E-state index in [1.807, 2.05) is 31.5 Å². The lowest BCUT2D eigenvalue weighted by Gasteiger charge is -2.06. The largest absolute Gasteiger partial charge is 0.329 e. The molecule has 15 heavy (non-hydrogen) atoms. The van der Waals surface area contributed by atoms with Crippen LogP contribution in [0.3, 0.4) is 0 Å². The van der Waals surface area contributed by atoms with E-state index in [0.717, 1.165) is 17.9 Å². The maximum absolute atomic E-state index is 5.88. The van der Waals surface area contributed by atoms with Gasteiger partial charge in [0.2, 0.25) is 0 Å². The van der Waals surface area contributed by atoms with E-state index in [4.69, 9.17) is 11.6 Å². The van der Waals surface area contributed by atoms with Crippen molar-refractivity contribution in [2.45, 2.75) is 19.3 Å². The first kappa shape index (κ1) is 10.2. The minimum Gasteiger partial charge on any atom is -0.329 e. The number of imidazole rings is 1. The van der Waals surface area contributed by atoms with Crippen molar-refractivity contribution in [3.05, 3.63) is 53.6 Å². The van der Waals surface area contributed by atoms with Gasteiger partial charge in [-0.15, -0.1) is 11.6 Å². The van der Waals surface area contributed by atoms with Gasteiger partial charge in [-0.05, 0) is 12.5 Å². The molecule has 0 saturated carbocycles. The van der Waals surface area contributed by atoms with Crippen LogP contribution in [0.25, 0.3) is 0 Å². The van der Waals surface area contributed by atoms with Gasteiger partial charge in [-0.25, -0.2) is 4.98 Å². The second-order valence-corrected chi connectivity index (χ2v) is 3.79. The quantitative estimate of drug-likeness (QED) is 0.728. The number of aryl methyl sites for hydroxylation is 1. The second kappa shape index (κ2) is 4.49. The molecule has 78 valence electrons. The highest BCUT2D eigenvalue weighted by molar-refractivity contribution is 6.17. The fraction of sp³-hybridized carbons (Fsp3) is 0.250. The maximum atomic E-state index is 5.88. The summed E-state index contributed by atoms with van der Waals surface area (Å²) in [5.41, 5.74) is 3.38. The highest BCUT2D eigenvalue weighted by Gasteiger charge is 2.05. The average Bonchev–Trinajstić information content (AvgIpc) is 2.61. The molecule has 0 aliphatic heterocycles. The smallest absolute Gasteiger partial charge is 0.0955 e. The second-order valence-electron chi connectivity index (χ2n) is 3.52. The Hall–Kier alpha value is -1.28. The van der Waals surface area contributed by atoms with Crippen molar-refractivity contribution < 1.29 is 0 Å². The van der Waals surface area contributed by atoms with E-state index in [2.05, 4.69) is 21.7 Å². The molecule has 3 heteroatoms. The van der Waals surface area contributed by atoms with Crippen molar-refractivity contribution in [2.24, 2.45) is 0 Å². The third-order valence-corrected chi connectivity index (χ3v) is 2.73. The molecular formula is C12H13ClN2. The van der Waals surface area contributed by atoms with Gasteiger partial charge in [0, 0.05) is 6.54 Å². The van der Waals surface area contributed by atoms with Crippen LogP contribution in [0, 0.1) is 6.92 Å². The monoisotopic (exact) mass is 220 g/mol. The SMILES string of the molecule is Cc1ncn(Cc2ccccc2)c1CCl. The summed E-state index contributed by atoms with van der Waals surface area (Å²) in [4.78, 5) is 4.26. The topological polar surface area (TPSA) is 17.8 Å².